The van der Waals surface area contributed by atoms with Gasteiger partial charge in [0.25, 0.3) is 0 Å². The second kappa shape index (κ2) is 9.01. The fourth-order valence-electron chi connectivity index (χ4n) is 0.989. The van der Waals surface area contributed by atoms with Gasteiger partial charge in [-0.15, -0.1) is 0 Å². The van der Waals surface area contributed by atoms with Gasteiger partial charge in [-0.25, -0.2) is 0 Å². The van der Waals surface area contributed by atoms with Crippen LogP contribution >= 0.6 is 0 Å². The molecule has 0 rings (SSSR count). The maximum atomic E-state index is 8.51. The quantitative estimate of drug-likeness (QED) is 0.572. The van der Waals surface area contributed by atoms with Crippen molar-refractivity contribution in [3.63, 3.8) is 0 Å². The first-order chi connectivity index (χ1) is 5.77. The van der Waals surface area contributed by atoms with Gasteiger partial charge in [-0.3, -0.25) is 0 Å². The van der Waals surface area contributed by atoms with Crippen molar-refractivity contribution in [1.82, 2.24) is 0 Å². The highest BCUT2D eigenvalue weighted by Crippen LogP contribution is 2.00. The highest BCUT2D eigenvalue weighted by atomic mass is 16.5. The van der Waals surface area contributed by atoms with Gasteiger partial charge in [-0.05, 0) is 18.8 Å². The SMILES string of the molecule is CC(C)COCCCCCCO. The van der Waals surface area contributed by atoms with E-state index in [0.717, 1.165) is 32.5 Å². The van der Waals surface area contributed by atoms with E-state index in [-0.39, 0.29) is 0 Å². The first kappa shape index (κ1) is 11.9. The monoisotopic (exact) mass is 174 g/mol. The van der Waals surface area contributed by atoms with Gasteiger partial charge < -0.3 is 9.84 Å². The minimum Gasteiger partial charge on any atom is -0.396 e. The van der Waals surface area contributed by atoms with Crippen LogP contribution in [0, 0.1) is 5.92 Å². The number of aliphatic hydroxyl groups excluding tert-OH is 1. The fourth-order valence-corrected chi connectivity index (χ4v) is 0.989. The smallest absolute Gasteiger partial charge is 0.0488 e. The maximum absolute atomic E-state index is 8.51. The number of rotatable bonds is 8. The van der Waals surface area contributed by atoms with Crippen molar-refractivity contribution in [2.45, 2.75) is 39.5 Å². The summed E-state index contributed by atoms with van der Waals surface area (Å²) in [5.41, 5.74) is 0. The molecular formula is C10H22O2. The van der Waals surface area contributed by atoms with Crippen molar-refractivity contribution < 1.29 is 9.84 Å². The predicted molar refractivity (Wildman–Crippen MR) is 51.2 cm³/mol. The summed E-state index contributed by atoms with van der Waals surface area (Å²) < 4.78 is 5.41. The van der Waals surface area contributed by atoms with Crippen LogP contribution in [0.4, 0.5) is 0 Å². The molecule has 0 amide bonds. The molecule has 0 spiro atoms. The minimum atomic E-state index is 0.326. The summed E-state index contributed by atoms with van der Waals surface area (Å²) in [7, 11) is 0. The van der Waals surface area contributed by atoms with Gasteiger partial charge in [0.1, 0.15) is 0 Å². The van der Waals surface area contributed by atoms with E-state index in [9.17, 15) is 0 Å². The van der Waals surface area contributed by atoms with E-state index in [0.29, 0.717) is 12.5 Å². The Bertz CT molecular complexity index is 81.9. The third kappa shape index (κ3) is 9.92. The molecule has 0 saturated heterocycles. The largest absolute Gasteiger partial charge is 0.396 e. The van der Waals surface area contributed by atoms with Gasteiger partial charge in [-0.2, -0.15) is 0 Å². The summed E-state index contributed by atoms with van der Waals surface area (Å²) in [6.07, 6.45) is 4.37. The first-order valence-corrected chi connectivity index (χ1v) is 4.96. The molecule has 0 fully saturated rings. The molecule has 0 saturated carbocycles. The van der Waals surface area contributed by atoms with Crippen LogP contribution in [0.15, 0.2) is 0 Å². The fraction of sp³-hybridized carbons (Fsp3) is 1.00. The summed E-state index contributed by atoms with van der Waals surface area (Å²) in [6, 6.07) is 0. The van der Waals surface area contributed by atoms with Crippen LogP contribution in [0.2, 0.25) is 0 Å². The Kier molecular flexibility index (Phi) is 8.95. The average molecular weight is 174 g/mol. The lowest BCUT2D eigenvalue weighted by molar-refractivity contribution is 0.106. The molecule has 0 heterocycles. The normalized spacial score (nSPS) is 11.0. The Labute approximate surface area is 75.9 Å². The van der Waals surface area contributed by atoms with Crippen molar-refractivity contribution in [1.29, 1.82) is 0 Å². The molecule has 2 nitrogen and oxygen atoms in total. The van der Waals surface area contributed by atoms with Crippen LogP contribution < -0.4 is 0 Å². The van der Waals surface area contributed by atoms with Crippen LogP contribution in [0.1, 0.15) is 39.5 Å². The van der Waals surface area contributed by atoms with Crippen molar-refractivity contribution in [2.24, 2.45) is 5.92 Å². The predicted octanol–water partition coefficient (Wildman–Crippen LogP) is 2.21. The molecule has 12 heavy (non-hydrogen) atoms. The highest BCUT2D eigenvalue weighted by Gasteiger charge is 1.93. The van der Waals surface area contributed by atoms with Gasteiger partial charge in [0.15, 0.2) is 0 Å². The van der Waals surface area contributed by atoms with Crippen LogP contribution in [-0.2, 0) is 4.74 Å². The van der Waals surface area contributed by atoms with E-state index < -0.39 is 0 Å². The lowest BCUT2D eigenvalue weighted by atomic mass is 10.2. The molecule has 0 aromatic rings. The summed E-state index contributed by atoms with van der Waals surface area (Å²) in [4.78, 5) is 0. The van der Waals surface area contributed by atoms with Gasteiger partial charge >= 0.3 is 0 Å². The first-order valence-electron chi connectivity index (χ1n) is 4.96. The number of unbranched alkanes of at least 4 members (excludes halogenated alkanes) is 3. The standard InChI is InChI=1S/C10H22O2/c1-10(2)9-12-8-6-4-3-5-7-11/h10-11H,3-9H2,1-2H3. The molecule has 0 bridgehead atoms. The van der Waals surface area contributed by atoms with Gasteiger partial charge in [-0.1, -0.05) is 26.7 Å². The van der Waals surface area contributed by atoms with Crippen molar-refractivity contribution in [3.05, 3.63) is 0 Å². The number of hydrogen-bond acceptors (Lipinski definition) is 2. The Morgan fingerprint density at radius 3 is 2.33 bits per heavy atom. The molecule has 0 aliphatic carbocycles. The minimum absolute atomic E-state index is 0.326. The summed E-state index contributed by atoms with van der Waals surface area (Å²) in [6.45, 7) is 6.40. The molecule has 0 aromatic heterocycles. The third-order valence-electron chi connectivity index (χ3n) is 1.65. The van der Waals surface area contributed by atoms with Crippen LogP contribution in [0.3, 0.4) is 0 Å². The Balaban J connectivity index is 2.82. The molecule has 0 unspecified atom stereocenters. The molecule has 1 N–H and O–H groups in total. The molecule has 0 aromatic carbocycles. The van der Waals surface area contributed by atoms with Crippen LogP contribution in [0.25, 0.3) is 0 Å². The summed E-state index contributed by atoms with van der Waals surface area (Å²) in [5, 5.41) is 8.51. The molecule has 2 heteroatoms. The second-order valence-electron chi connectivity index (χ2n) is 3.61. The third-order valence-corrected chi connectivity index (χ3v) is 1.65. The van der Waals surface area contributed by atoms with E-state index in [2.05, 4.69) is 13.8 Å². The van der Waals surface area contributed by atoms with Crippen LogP contribution in [-0.4, -0.2) is 24.9 Å². The number of ether oxygens (including phenoxy) is 1. The molecule has 0 aliphatic rings. The number of hydrogen-bond donors (Lipinski definition) is 1. The van der Waals surface area contributed by atoms with Crippen molar-refractivity contribution >= 4 is 0 Å². The molecule has 0 radical (unpaired) electrons. The zero-order valence-electron chi connectivity index (χ0n) is 8.38. The Hall–Kier alpha value is -0.0800. The van der Waals surface area contributed by atoms with E-state index in [4.69, 9.17) is 9.84 Å². The highest BCUT2D eigenvalue weighted by molar-refractivity contribution is 4.43. The maximum Gasteiger partial charge on any atom is 0.0488 e. The zero-order chi connectivity index (χ0) is 9.23. The molecule has 0 aliphatic heterocycles. The van der Waals surface area contributed by atoms with Gasteiger partial charge in [0.2, 0.25) is 0 Å². The van der Waals surface area contributed by atoms with Crippen molar-refractivity contribution in [3.8, 4) is 0 Å². The lowest BCUT2D eigenvalue weighted by Crippen LogP contribution is -2.03. The van der Waals surface area contributed by atoms with Gasteiger partial charge in [0.05, 0.1) is 0 Å². The van der Waals surface area contributed by atoms with E-state index in [1.165, 1.54) is 6.42 Å². The van der Waals surface area contributed by atoms with E-state index in [1.807, 2.05) is 0 Å². The summed E-state index contributed by atoms with van der Waals surface area (Å²) >= 11 is 0. The van der Waals surface area contributed by atoms with E-state index in [1.54, 1.807) is 0 Å². The molecule has 74 valence electrons. The molecular weight excluding hydrogens is 152 g/mol. The number of aliphatic hydroxyl groups is 1. The van der Waals surface area contributed by atoms with Gasteiger partial charge in [0, 0.05) is 19.8 Å². The summed E-state index contributed by atoms with van der Waals surface area (Å²) in [5.74, 6) is 0.641. The van der Waals surface area contributed by atoms with E-state index >= 15 is 0 Å². The topological polar surface area (TPSA) is 29.5 Å². The van der Waals surface area contributed by atoms with Crippen molar-refractivity contribution in [2.75, 3.05) is 19.8 Å². The van der Waals surface area contributed by atoms with Crippen LogP contribution in [0.5, 0.6) is 0 Å². The molecule has 0 atom stereocenters. The average Bonchev–Trinajstić information content (AvgIpc) is 2.02. The lowest BCUT2D eigenvalue weighted by Gasteiger charge is -2.05. The Morgan fingerprint density at radius 2 is 1.75 bits per heavy atom. The second-order valence-corrected chi connectivity index (χ2v) is 3.61. The Morgan fingerprint density at radius 1 is 1.08 bits per heavy atom. The zero-order valence-corrected chi connectivity index (χ0v) is 8.38.